The Bertz CT molecular complexity index is 620. The maximum atomic E-state index is 10.5. The molecule has 0 radical (unpaired) electrons. The van der Waals surface area contributed by atoms with Crippen molar-refractivity contribution in [3.8, 4) is 5.75 Å². The van der Waals surface area contributed by atoms with Crippen LogP contribution >= 0.6 is 46.4 Å². The summed E-state index contributed by atoms with van der Waals surface area (Å²) in [6.45, 7) is 0. The number of rotatable bonds is 3. The summed E-state index contributed by atoms with van der Waals surface area (Å²) in [5.74, 6) is 0.512. The van der Waals surface area contributed by atoms with E-state index < -0.39 is 6.10 Å². The topological polar surface area (TPSA) is 29.5 Å². The molecular formula is C14H10Cl4O2. The highest BCUT2D eigenvalue weighted by molar-refractivity contribution is 6.37. The monoisotopic (exact) mass is 350 g/mol. The van der Waals surface area contributed by atoms with Gasteiger partial charge in [0.1, 0.15) is 11.9 Å². The maximum Gasteiger partial charge on any atom is 0.121 e. The predicted octanol–water partition coefficient (Wildman–Crippen LogP) is 5.39. The van der Waals surface area contributed by atoms with Crippen molar-refractivity contribution in [1.29, 1.82) is 0 Å². The highest BCUT2D eigenvalue weighted by Crippen LogP contribution is 2.39. The molecule has 0 aliphatic heterocycles. The van der Waals surface area contributed by atoms with E-state index in [4.69, 9.17) is 51.1 Å². The van der Waals surface area contributed by atoms with Gasteiger partial charge in [0, 0.05) is 21.2 Å². The third kappa shape index (κ3) is 3.16. The van der Waals surface area contributed by atoms with Crippen LogP contribution in [0.25, 0.3) is 0 Å². The van der Waals surface area contributed by atoms with Crippen molar-refractivity contribution < 1.29 is 9.84 Å². The van der Waals surface area contributed by atoms with Crippen LogP contribution in [0.15, 0.2) is 30.3 Å². The fourth-order valence-electron chi connectivity index (χ4n) is 1.82. The van der Waals surface area contributed by atoms with Crippen LogP contribution in [-0.2, 0) is 0 Å². The number of aliphatic hydroxyl groups is 1. The Balaban J connectivity index is 2.50. The van der Waals surface area contributed by atoms with E-state index in [1.54, 1.807) is 30.3 Å². The lowest BCUT2D eigenvalue weighted by molar-refractivity contribution is 0.220. The Morgan fingerprint density at radius 2 is 1.55 bits per heavy atom. The largest absolute Gasteiger partial charge is 0.497 e. The summed E-state index contributed by atoms with van der Waals surface area (Å²) in [7, 11) is 1.51. The fraction of sp³-hybridized carbons (Fsp3) is 0.143. The summed E-state index contributed by atoms with van der Waals surface area (Å²) in [6.07, 6.45) is -1.05. The van der Waals surface area contributed by atoms with Crippen LogP contribution in [0.2, 0.25) is 20.1 Å². The van der Waals surface area contributed by atoms with Gasteiger partial charge in [-0.15, -0.1) is 0 Å². The van der Waals surface area contributed by atoms with E-state index in [9.17, 15) is 5.11 Å². The standard InChI is InChI=1S/C14H10Cl4O2/c1-20-8-5-11(17)13(12(18)6-8)14(19)9-3-2-7(15)4-10(9)16/h2-6,14,19H,1H3. The van der Waals surface area contributed by atoms with Gasteiger partial charge in [0.25, 0.3) is 0 Å². The molecule has 0 fully saturated rings. The van der Waals surface area contributed by atoms with Crippen molar-refractivity contribution in [3.05, 3.63) is 61.5 Å². The Morgan fingerprint density at radius 1 is 0.950 bits per heavy atom. The van der Waals surface area contributed by atoms with Crippen molar-refractivity contribution in [2.24, 2.45) is 0 Å². The van der Waals surface area contributed by atoms with Crippen LogP contribution in [0.4, 0.5) is 0 Å². The zero-order valence-electron chi connectivity index (χ0n) is 10.3. The Morgan fingerprint density at radius 3 is 2.05 bits per heavy atom. The van der Waals surface area contributed by atoms with Gasteiger partial charge in [-0.05, 0) is 24.3 Å². The lowest BCUT2D eigenvalue weighted by Crippen LogP contribution is -2.03. The second kappa shape index (κ2) is 6.42. The molecule has 0 aromatic heterocycles. The lowest BCUT2D eigenvalue weighted by atomic mass is 10.0. The third-order valence-electron chi connectivity index (χ3n) is 2.82. The summed E-state index contributed by atoms with van der Waals surface area (Å²) in [5, 5.41) is 11.9. The highest BCUT2D eigenvalue weighted by atomic mass is 35.5. The van der Waals surface area contributed by atoms with Crippen LogP contribution in [0.3, 0.4) is 0 Å². The van der Waals surface area contributed by atoms with Gasteiger partial charge in [0.2, 0.25) is 0 Å². The number of aliphatic hydroxyl groups excluding tert-OH is 1. The molecule has 0 amide bonds. The van der Waals surface area contributed by atoms with Gasteiger partial charge < -0.3 is 9.84 Å². The Kier molecular flexibility index (Phi) is 5.05. The van der Waals surface area contributed by atoms with Crippen LogP contribution in [0.1, 0.15) is 17.2 Å². The fourth-order valence-corrected chi connectivity index (χ4v) is 3.00. The SMILES string of the molecule is COc1cc(Cl)c(C(O)c2ccc(Cl)cc2Cl)c(Cl)c1. The first-order valence-corrected chi connectivity index (χ1v) is 7.11. The number of hydrogen-bond donors (Lipinski definition) is 1. The van der Waals surface area contributed by atoms with Gasteiger partial charge in [-0.3, -0.25) is 0 Å². The van der Waals surface area contributed by atoms with Gasteiger partial charge in [-0.25, -0.2) is 0 Å². The van der Waals surface area contributed by atoms with Crippen molar-refractivity contribution >= 4 is 46.4 Å². The van der Waals surface area contributed by atoms with Gasteiger partial charge in [0.05, 0.1) is 17.2 Å². The van der Waals surface area contributed by atoms with E-state index in [1.165, 1.54) is 7.11 Å². The maximum absolute atomic E-state index is 10.5. The first-order chi connectivity index (χ1) is 9.43. The molecule has 1 N–H and O–H groups in total. The number of hydrogen-bond acceptors (Lipinski definition) is 2. The zero-order valence-corrected chi connectivity index (χ0v) is 13.4. The first kappa shape index (κ1) is 15.7. The Labute approximate surface area is 136 Å². The number of benzene rings is 2. The quantitative estimate of drug-likeness (QED) is 0.803. The average molecular weight is 352 g/mol. The molecule has 106 valence electrons. The molecule has 2 aromatic rings. The van der Waals surface area contributed by atoms with Crippen molar-refractivity contribution in [2.45, 2.75) is 6.10 Å². The van der Waals surface area contributed by atoms with Crippen LogP contribution < -0.4 is 4.74 Å². The summed E-state index contributed by atoms with van der Waals surface area (Å²) in [4.78, 5) is 0. The normalized spacial score (nSPS) is 12.3. The first-order valence-electron chi connectivity index (χ1n) is 5.60. The van der Waals surface area contributed by atoms with Crippen molar-refractivity contribution in [1.82, 2.24) is 0 Å². The molecule has 0 aliphatic rings. The predicted molar refractivity (Wildman–Crippen MR) is 83.5 cm³/mol. The van der Waals surface area contributed by atoms with E-state index >= 15 is 0 Å². The summed E-state index contributed by atoms with van der Waals surface area (Å²) >= 11 is 24.2. The average Bonchev–Trinajstić information content (AvgIpc) is 2.37. The molecule has 0 saturated carbocycles. The molecule has 0 heterocycles. The second-order valence-electron chi connectivity index (χ2n) is 4.07. The van der Waals surface area contributed by atoms with E-state index in [-0.39, 0.29) is 0 Å². The van der Waals surface area contributed by atoms with Gasteiger partial charge in [-0.2, -0.15) is 0 Å². The molecule has 1 atom stereocenters. The number of methoxy groups -OCH3 is 1. The molecule has 6 heteroatoms. The minimum Gasteiger partial charge on any atom is -0.497 e. The summed E-state index contributed by atoms with van der Waals surface area (Å²) < 4.78 is 5.06. The van der Waals surface area contributed by atoms with E-state index in [0.717, 1.165) is 0 Å². The third-order valence-corrected chi connectivity index (χ3v) is 4.01. The molecule has 1 unspecified atom stereocenters. The molecule has 20 heavy (non-hydrogen) atoms. The lowest BCUT2D eigenvalue weighted by Gasteiger charge is -2.17. The highest BCUT2D eigenvalue weighted by Gasteiger charge is 2.21. The van der Waals surface area contributed by atoms with E-state index in [2.05, 4.69) is 0 Å². The zero-order chi connectivity index (χ0) is 14.9. The minimum atomic E-state index is -1.05. The molecule has 0 aliphatic carbocycles. The van der Waals surface area contributed by atoms with Gasteiger partial charge in [0.15, 0.2) is 0 Å². The summed E-state index contributed by atoms with van der Waals surface area (Å²) in [6, 6.07) is 7.97. The number of ether oxygens (including phenoxy) is 1. The molecule has 0 bridgehead atoms. The Hall–Kier alpha value is -0.640. The van der Waals surface area contributed by atoms with Crippen LogP contribution in [-0.4, -0.2) is 12.2 Å². The minimum absolute atomic E-state index is 0.299. The number of halogens is 4. The van der Waals surface area contributed by atoms with Crippen LogP contribution in [0.5, 0.6) is 5.75 Å². The summed E-state index contributed by atoms with van der Waals surface area (Å²) in [5.41, 5.74) is 0.850. The molecule has 0 saturated heterocycles. The van der Waals surface area contributed by atoms with E-state index in [1.807, 2.05) is 0 Å². The molecule has 2 nitrogen and oxygen atoms in total. The second-order valence-corrected chi connectivity index (χ2v) is 5.73. The van der Waals surface area contributed by atoms with E-state index in [0.29, 0.717) is 37.0 Å². The van der Waals surface area contributed by atoms with Gasteiger partial charge in [-0.1, -0.05) is 52.5 Å². The van der Waals surface area contributed by atoms with Crippen molar-refractivity contribution in [3.63, 3.8) is 0 Å². The molecule has 2 aromatic carbocycles. The molecule has 2 rings (SSSR count). The smallest absolute Gasteiger partial charge is 0.121 e. The molecule has 0 spiro atoms. The van der Waals surface area contributed by atoms with Gasteiger partial charge >= 0.3 is 0 Å². The van der Waals surface area contributed by atoms with Crippen molar-refractivity contribution in [2.75, 3.05) is 7.11 Å². The van der Waals surface area contributed by atoms with Crippen LogP contribution in [0, 0.1) is 0 Å². The molecular weight excluding hydrogens is 342 g/mol.